The first-order valence-electron chi connectivity index (χ1n) is 12.8. The van der Waals surface area contributed by atoms with Crippen molar-refractivity contribution in [1.82, 2.24) is 9.55 Å². The van der Waals surface area contributed by atoms with Crippen LogP contribution in [0.2, 0.25) is 0 Å². The smallest absolute Gasteiger partial charge is 0.324 e. The zero-order valence-electron chi connectivity index (χ0n) is 22.7. The van der Waals surface area contributed by atoms with E-state index in [0.29, 0.717) is 22.6 Å². The molecular weight excluding hydrogens is 506 g/mol. The van der Waals surface area contributed by atoms with Gasteiger partial charge in [0.15, 0.2) is 6.73 Å². The Kier molecular flexibility index (Phi) is 8.62. The number of amides is 1. The highest BCUT2D eigenvalue weighted by atomic mass is 16.5. The number of ether oxygens (including phenoxy) is 2. The number of pyridine rings is 1. The number of benzene rings is 2. The van der Waals surface area contributed by atoms with Gasteiger partial charge in [0.05, 0.1) is 18.7 Å². The molecular formula is C31H31N5O4. The van der Waals surface area contributed by atoms with Crippen LogP contribution in [-0.4, -0.2) is 34.6 Å². The summed E-state index contributed by atoms with van der Waals surface area (Å²) in [6, 6.07) is 16.1. The number of carbonyl (C=O) groups excluding carboxylic acids is 2. The summed E-state index contributed by atoms with van der Waals surface area (Å²) in [4.78, 5) is 29.2. The maximum atomic E-state index is 12.6. The van der Waals surface area contributed by atoms with Gasteiger partial charge >= 0.3 is 5.97 Å². The van der Waals surface area contributed by atoms with E-state index < -0.39 is 12.0 Å². The number of fused-ring (bicyclic) bond motifs is 1. The standard InChI is InChI=1S/C31H31N5O4/c1-5-19(3)29(33)31(38)40-18-36-17-27(21-9-7-8-20(10-21)15-32)26-13-23(16-34-30(26)36)22-11-24(35-28(37)6-2)14-25(12-22)39-4/h6-14,16-17,19,29H,2,5,18,33H2,1,3-4H3,(H,35,37)/t19-,29-/m0/s1. The first kappa shape index (κ1) is 28.1. The second-order valence-electron chi connectivity index (χ2n) is 9.45. The van der Waals surface area contributed by atoms with Gasteiger partial charge in [0.1, 0.15) is 17.4 Å². The quantitative estimate of drug-likeness (QED) is 0.209. The monoisotopic (exact) mass is 537 g/mol. The number of hydrogen-bond donors (Lipinski definition) is 2. The Balaban J connectivity index is 1.80. The largest absolute Gasteiger partial charge is 0.497 e. The Labute approximate surface area is 232 Å². The van der Waals surface area contributed by atoms with E-state index in [9.17, 15) is 14.9 Å². The number of nitrogens with two attached hydrogens (primary N) is 1. The first-order valence-corrected chi connectivity index (χ1v) is 12.8. The minimum Gasteiger partial charge on any atom is -0.497 e. The second-order valence-corrected chi connectivity index (χ2v) is 9.45. The van der Waals surface area contributed by atoms with E-state index in [0.717, 1.165) is 34.1 Å². The SMILES string of the molecule is C=CC(=O)Nc1cc(OC)cc(-c2cnc3c(c2)c(-c2cccc(C#N)c2)cn3COC(=O)[C@@H](N)[C@@H](C)CC)c1. The van der Waals surface area contributed by atoms with E-state index in [-0.39, 0.29) is 18.6 Å². The van der Waals surface area contributed by atoms with Gasteiger partial charge in [0.2, 0.25) is 5.91 Å². The molecule has 40 heavy (non-hydrogen) atoms. The van der Waals surface area contributed by atoms with Crippen molar-refractivity contribution < 1.29 is 19.1 Å². The average Bonchev–Trinajstić information content (AvgIpc) is 3.36. The van der Waals surface area contributed by atoms with Crippen LogP contribution in [0.15, 0.2) is 73.6 Å². The third kappa shape index (κ3) is 6.03. The highest BCUT2D eigenvalue weighted by molar-refractivity contribution is 6.00. The van der Waals surface area contributed by atoms with Crippen molar-refractivity contribution >= 4 is 28.6 Å². The van der Waals surface area contributed by atoms with Gasteiger partial charge in [-0.05, 0) is 53.5 Å². The molecule has 2 aromatic carbocycles. The van der Waals surface area contributed by atoms with E-state index in [1.54, 1.807) is 36.1 Å². The lowest BCUT2D eigenvalue weighted by Crippen LogP contribution is -2.38. The fourth-order valence-electron chi connectivity index (χ4n) is 4.28. The molecule has 0 unspecified atom stereocenters. The summed E-state index contributed by atoms with van der Waals surface area (Å²) in [5.41, 5.74) is 10.9. The van der Waals surface area contributed by atoms with E-state index in [4.69, 9.17) is 20.2 Å². The summed E-state index contributed by atoms with van der Waals surface area (Å²) in [6.07, 6.45) is 5.51. The van der Waals surface area contributed by atoms with Gasteiger partial charge in [0.25, 0.3) is 0 Å². The molecule has 0 aliphatic heterocycles. The maximum Gasteiger partial charge on any atom is 0.324 e. The van der Waals surface area contributed by atoms with Gasteiger partial charge < -0.3 is 20.5 Å². The molecule has 9 heteroatoms. The molecule has 4 aromatic rings. The number of methoxy groups -OCH3 is 1. The molecule has 0 aliphatic carbocycles. The lowest BCUT2D eigenvalue weighted by molar-refractivity contribution is -0.150. The summed E-state index contributed by atoms with van der Waals surface area (Å²) in [7, 11) is 1.55. The Bertz CT molecular complexity index is 1620. The Morgan fingerprint density at radius 2 is 2.00 bits per heavy atom. The molecule has 0 aliphatic rings. The summed E-state index contributed by atoms with van der Waals surface area (Å²) >= 11 is 0. The predicted molar refractivity (Wildman–Crippen MR) is 154 cm³/mol. The van der Waals surface area contributed by atoms with Crippen LogP contribution in [-0.2, 0) is 21.1 Å². The van der Waals surface area contributed by atoms with E-state index in [1.807, 2.05) is 50.4 Å². The number of rotatable bonds is 10. The van der Waals surface area contributed by atoms with Crippen molar-refractivity contribution in [2.24, 2.45) is 11.7 Å². The van der Waals surface area contributed by atoms with E-state index >= 15 is 0 Å². The highest BCUT2D eigenvalue weighted by Gasteiger charge is 2.22. The third-order valence-electron chi connectivity index (χ3n) is 6.82. The topological polar surface area (TPSA) is 132 Å². The van der Waals surface area contributed by atoms with Crippen LogP contribution < -0.4 is 15.8 Å². The minimum absolute atomic E-state index is 0.0112. The molecule has 2 heterocycles. The van der Waals surface area contributed by atoms with Crippen molar-refractivity contribution in [2.45, 2.75) is 33.0 Å². The summed E-state index contributed by atoms with van der Waals surface area (Å²) in [6.45, 7) is 7.31. The van der Waals surface area contributed by atoms with Gasteiger partial charge in [-0.25, -0.2) is 4.98 Å². The Morgan fingerprint density at radius 3 is 2.70 bits per heavy atom. The van der Waals surface area contributed by atoms with Gasteiger partial charge in [0, 0.05) is 40.7 Å². The van der Waals surface area contributed by atoms with Crippen molar-refractivity contribution in [2.75, 3.05) is 12.4 Å². The van der Waals surface area contributed by atoms with Crippen LogP contribution in [0.1, 0.15) is 25.8 Å². The van der Waals surface area contributed by atoms with E-state index in [1.165, 1.54) is 6.08 Å². The number of hydrogen-bond acceptors (Lipinski definition) is 7. The Morgan fingerprint density at radius 1 is 1.20 bits per heavy atom. The van der Waals surface area contributed by atoms with Crippen LogP contribution >= 0.6 is 0 Å². The van der Waals surface area contributed by atoms with Gasteiger partial charge in [-0.1, -0.05) is 39.0 Å². The molecule has 2 aromatic heterocycles. The number of carbonyl (C=O) groups is 2. The van der Waals surface area contributed by atoms with Crippen LogP contribution in [0.3, 0.4) is 0 Å². The van der Waals surface area contributed by atoms with Crippen molar-refractivity contribution in [3.63, 3.8) is 0 Å². The zero-order valence-corrected chi connectivity index (χ0v) is 22.7. The number of anilines is 1. The number of nitrogens with one attached hydrogen (secondary N) is 1. The lowest BCUT2D eigenvalue weighted by atomic mass is 10.0. The first-order chi connectivity index (χ1) is 19.3. The summed E-state index contributed by atoms with van der Waals surface area (Å²) in [5, 5.41) is 13.0. The van der Waals surface area contributed by atoms with Crippen LogP contribution in [0, 0.1) is 17.2 Å². The maximum absolute atomic E-state index is 12.6. The third-order valence-corrected chi connectivity index (χ3v) is 6.82. The van der Waals surface area contributed by atoms with Crippen molar-refractivity contribution in [1.29, 1.82) is 5.26 Å². The van der Waals surface area contributed by atoms with Crippen LogP contribution in [0.5, 0.6) is 5.75 Å². The molecule has 204 valence electrons. The molecule has 0 bridgehead atoms. The molecule has 1 amide bonds. The lowest BCUT2D eigenvalue weighted by Gasteiger charge is -2.17. The normalized spacial score (nSPS) is 12.3. The molecule has 0 spiro atoms. The van der Waals surface area contributed by atoms with Crippen LogP contribution in [0.25, 0.3) is 33.3 Å². The Hall–Kier alpha value is -4.94. The number of esters is 1. The van der Waals surface area contributed by atoms with Crippen molar-refractivity contribution in [3.05, 3.63) is 79.1 Å². The molecule has 2 atom stereocenters. The van der Waals surface area contributed by atoms with Gasteiger partial charge in [-0.3, -0.25) is 14.2 Å². The molecule has 0 saturated heterocycles. The molecule has 3 N–H and O–H groups in total. The number of nitrogens with zero attached hydrogens (tertiary/aromatic N) is 3. The van der Waals surface area contributed by atoms with Crippen LogP contribution in [0.4, 0.5) is 5.69 Å². The van der Waals surface area contributed by atoms with Gasteiger partial charge in [-0.15, -0.1) is 0 Å². The molecule has 9 nitrogen and oxygen atoms in total. The number of nitriles is 1. The fraction of sp³-hybridized carbons (Fsp3) is 0.226. The van der Waals surface area contributed by atoms with Gasteiger partial charge in [-0.2, -0.15) is 5.26 Å². The van der Waals surface area contributed by atoms with Crippen molar-refractivity contribution in [3.8, 4) is 34.1 Å². The predicted octanol–water partition coefficient (Wildman–Crippen LogP) is 5.25. The fourth-order valence-corrected chi connectivity index (χ4v) is 4.28. The minimum atomic E-state index is -0.720. The summed E-state index contributed by atoms with van der Waals surface area (Å²) < 4.78 is 12.8. The second kappa shape index (κ2) is 12.3. The molecule has 0 radical (unpaired) electrons. The molecule has 0 fully saturated rings. The zero-order chi connectivity index (χ0) is 28.8. The molecule has 4 rings (SSSR count). The summed E-state index contributed by atoms with van der Waals surface area (Å²) in [5.74, 6) is -0.276. The van der Waals surface area contributed by atoms with E-state index in [2.05, 4.69) is 18.0 Å². The average molecular weight is 538 g/mol. The molecule has 0 saturated carbocycles. The number of aromatic nitrogens is 2. The highest BCUT2D eigenvalue weighted by Crippen LogP contribution is 2.35.